The van der Waals surface area contributed by atoms with Crippen LogP contribution < -0.4 is 5.73 Å². The number of anilines is 1. The summed E-state index contributed by atoms with van der Waals surface area (Å²) in [4.78, 5) is 19.8. The van der Waals surface area contributed by atoms with Crippen LogP contribution in [0.1, 0.15) is 45.6 Å². The van der Waals surface area contributed by atoms with E-state index in [1.54, 1.807) is 23.1 Å². The Labute approximate surface area is 188 Å². The second kappa shape index (κ2) is 8.00. The monoisotopic (exact) mass is 457 g/mol. The Kier molecular flexibility index (Phi) is 5.25. The standard InChI is InChI=1S/C24H22F3N3O3/c1-13-9-32-12-21(14-2-5-16(6-3-14)24(25,26)27)30(13)23(31)15-4-7-20-17(8-15)18-10-33-11-19(18)22(28)29-20/h2-8,13,21H,9-12H2,1H3,(H2,28,29)/t13-,21-/m1/s1. The number of fused-ring (bicyclic) bond motifs is 3. The summed E-state index contributed by atoms with van der Waals surface area (Å²) >= 11 is 0. The Hall–Kier alpha value is -3.17. The molecular weight excluding hydrogens is 435 g/mol. The van der Waals surface area contributed by atoms with Gasteiger partial charge in [0.15, 0.2) is 0 Å². The van der Waals surface area contributed by atoms with E-state index in [1.165, 1.54) is 12.1 Å². The number of carbonyl (C=O) groups excluding carboxylic acids is 1. The van der Waals surface area contributed by atoms with Crippen molar-refractivity contribution in [3.8, 4) is 0 Å². The SMILES string of the molecule is C[C@@H]1COC[C@H](c2ccc(C(F)(F)F)cc2)N1C(=O)c1ccc2nc(N)c3c(c2c1)COC3. The Morgan fingerprint density at radius 1 is 1.06 bits per heavy atom. The van der Waals surface area contributed by atoms with Gasteiger partial charge in [0.2, 0.25) is 0 Å². The van der Waals surface area contributed by atoms with Crippen LogP contribution in [0.25, 0.3) is 10.9 Å². The van der Waals surface area contributed by atoms with E-state index in [0.717, 1.165) is 28.6 Å². The predicted molar refractivity (Wildman–Crippen MR) is 115 cm³/mol. The quantitative estimate of drug-likeness (QED) is 0.615. The van der Waals surface area contributed by atoms with Crippen molar-refractivity contribution in [2.75, 3.05) is 18.9 Å². The number of alkyl halides is 3. The largest absolute Gasteiger partial charge is 0.416 e. The highest BCUT2D eigenvalue weighted by Crippen LogP contribution is 2.35. The molecule has 33 heavy (non-hydrogen) atoms. The summed E-state index contributed by atoms with van der Waals surface area (Å²) in [5.74, 6) is 0.209. The number of pyridine rings is 1. The van der Waals surface area contributed by atoms with Crippen LogP contribution in [0.4, 0.5) is 19.0 Å². The van der Waals surface area contributed by atoms with Gasteiger partial charge in [-0.1, -0.05) is 12.1 Å². The lowest BCUT2D eigenvalue weighted by atomic mass is 9.98. The van der Waals surface area contributed by atoms with E-state index < -0.39 is 17.8 Å². The number of amides is 1. The molecule has 9 heteroatoms. The van der Waals surface area contributed by atoms with Crippen LogP contribution in [-0.4, -0.2) is 35.0 Å². The van der Waals surface area contributed by atoms with Crippen LogP contribution in [0, 0.1) is 0 Å². The zero-order valence-electron chi connectivity index (χ0n) is 17.9. The number of ether oxygens (including phenoxy) is 2. The zero-order chi connectivity index (χ0) is 23.3. The van der Waals surface area contributed by atoms with Gasteiger partial charge in [0.25, 0.3) is 5.91 Å². The van der Waals surface area contributed by atoms with Gasteiger partial charge in [-0.25, -0.2) is 4.98 Å². The Bertz CT molecular complexity index is 1230. The Balaban J connectivity index is 1.51. The average molecular weight is 457 g/mol. The maximum absolute atomic E-state index is 13.6. The van der Waals surface area contributed by atoms with Crippen LogP contribution in [0.3, 0.4) is 0 Å². The number of nitrogen functional groups attached to an aromatic ring is 1. The smallest absolute Gasteiger partial charge is 0.383 e. The molecule has 6 nitrogen and oxygen atoms in total. The van der Waals surface area contributed by atoms with Gasteiger partial charge in [0.1, 0.15) is 5.82 Å². The number of halogens is 3. The predicted octanol–water partition coefficient (Wildman–Crippen LogP) is 4.47. The molecule has 2 aromatic carbocycles. The normalized spacial score (nSPS) is 20.8. The fraction of sp³-hybridized carbons (Fsp3) is 0.333. The first-order valence-corrected chi connectivity index (χ1v) is 10.6. The van der Waals surface area contributed by atoms with Gasteiger partial charge in [-0.2, -0.15) is 13.2 Å². The molecule has 3 heterocycles. The molecule has 0 unspecified atom stereocenters. The summed E-state index contributed by atoms with van der Waals surface area (Å²) in [6.07, 6.45) is -4.42. The van der Waals surface area contributed by atoms with Crippen LogP contribution in [0.5, 0.6) is 0 Å². The van der Waals surface area contributed by atoms with Crippen molar-refractivity contribution >= 4 is 22.6 Å². The molecule has 2 atom stereocenters. The first-order chi connectivity index (χ1) is 15.7. The summed E-state index contributed by atoms with van der Waals surface area (Å²) in [5, 5.41) is 0.814. The van der Waals surface area contributed by atoms with E-state index in [2.05, 4.69) is 4.98 Å². The van der Waals surface area contributed by atoms with Crippen molar-refractivity contribution in [3.05, 3.63) is 70.3 Å². The van der Waals surface area contributed by atoms with Crippen LogP contribution in [0.2, 0.25) is 0 Å². The topological polar surface area (TPSA) is 77.7 Å². The van der Waals surface area contributed by atoms with E-state index in [-0.39, 0.29) is 18.6 Å². The first kappa shape index (κ1) is 21.7. The molecule has 1 amide bonds. The second-order valence-electron chi connectivity index (χ2n) is 8.41. The summed E-state index contributed by atoms with van der Waals surface area (Å²) in [7, 11) is 0. The van der Waals surface area contributed by atoms with E-state index in [1.807, 2.05) is 6.92 Å². The van der Waals surface area contributed by atoms with Gasteiger partial charge < -0.3 is 20.1 Å². The van der Waals surface area contributed by atoms with Gasteiger partial charge in [0, 0.05) is 16.5 Å². The Morgan fingerprint density at radius 2 is 1.79 bits per heavy atom. The lowest BCUT2D eigenvalue weighted by Crippen LogP contribution is -2.49. The van der Waals surface area contributed by atoms with Crippen molar-refractivity contribution in [3.63, 3.8) is 0 Å². The number of hydrogen-bond acceptors (Lipinski definition) is 5. The number of morpholine rings is 1. The highest BCUT2D eigenvalue weighted by molar-refractivity contribution is 5.99. The molecule has 0 bridgehead atoms. The third-order valence-corrected chi connectivity index (χ3v) is 6.28. The molecule has 5 rings (SSSR count). The minimum Gasteiger partial charge on any atom is -0.383 e. The summed E-state index contributed by atoms with van der Waals surface area (Å²) < 4.78 is 50.1. The van der Waals surface area contributed by atoms with Crippen molar-refractivity contribution in [1.82, 2.24) is 9.88 Å². The van der Waals surface area contributed by atoms with Crippen molar-refractivity contribution in [2.24, 2.45) is 0 Å². The van der Waals surface area contributed by atoms with E-state index >= 15 is 0 Å². The highest BCUT2D eigenvalue weighted by Gasteiger charge is 2.36. The molecule has 3 aromatic rings. The van der Waals surface area contributed by atoms with Gasteiger partial charge in [-0.05, 0) is 48.4 Å². The van der Waals surface area contributed by atoms with Crippen LogP contribution >= 0.6 is 0 Å². The van der Waals surface area contributed by atoms with Gasteiger partial charge in [-0.15, -0.1) is 0 Å². The van der Waals surface area contributed by atoms with Gasteiger partial charge >= 0.3 is 6.18 Å². The van der Waals surface area contributed by atoms with Crippen molar-refractivity contribution in [2.45, 2.75) is 38.4 Å². The third-order valence-electron chi connectivity index (χ3n) is 6.28. The molecule has 1 saturated heterocycles. The molecule has 0 saturated carbocycles. The van der Waals surface area contributed by atoms with Gasteiger partial charge in [0.05, 0.1) is 49.6 Å². The van der Waals surface area contributed by atoms with E-state index in [0.29, 0.717) is 42.3 Å². The summed E-state index contributed by atoms with van der Waals surface area (Å²) in [6, 6.07) is 9.38. The fourth-order valence-corrected chi connectivity index (χ4v) is 4.56. The minimum atomic E-state index is -4.42. The van der Waals surface area contributed by atoms with E-state index in [9.17, 15) is 18.0 Å². The number of aromatic nitrogens is 1. The summed E-state index contributed by atoms with van der Waals surface area (Å²) in [6.45, 7) is 3.20. The second-order valence-corrected chi connectivity index (χ2v) is 8.41. The van der Waals surface area contributed by atoms with Crippen molar-refractivity contribution in [1.29, 1.82) is 0 Å². The zero-order valence-corrected chi connectivity index (χ0v) is 17.9. The number of benzene rings is 2. The molecule has 1 aromatic heterocycles. The lowest BCUT2D eigenvalue weighted by molar-refractivity contribution is -0.137. The van der Waals surface area contributed by atoms with Crippen molar-refractivity contribution < 1.29 is 27.4 Å². The van der Waals surface area contributed by atoms with E-state index in [4.69, 9.17) is 15.2 Å². The maximum Gasteiger partial charge on any atom is 0.416 e. The average Bonchev–Trinajstić information content (AvgIpc) is 3.29. The van der Waals surface area contributed by atoms with Crippen LogP contribution in [0.15, 0.2) is 42.5 Å². The molecule has 0 spiro atoms. The number of nitrogens with two attached hydrogens (primary N) is 1. The third kappa shape index (κ3) is 3.81. The molecule has 0 aliphatic carbocycles. The van der Waals surface area contributed by atoms with Crippen LogP contribution in [-0.2, 0) is 28.9 Å². The molecule has 2 N–H and O–H groups in total. The number of nitrogens with zero attached hydrogens (tertiary/aromatic N) is 2. The Morgan fingerprint density at radius 3 is 2.52 bits per heavy atom. The molecule has 172 valence electrons. The molecule has 2 aliphatic heterocycles. The number of hydrogen-bond donors (Lipinski definition) is 1. The summed E-state index contributed by atoms with van der Waals surface area (Å²) in [5.41, 5.74) is 8.82. The lowest BCUT2D eigenvalue weighted by Gasteiger charge is -2.41. The first-order valence-electron chi connectivity index (χ1n) is 10.6. The molecular formula is C24H22F3N3O3. The van der Waals surface area contributed by atoms with Gasteiger partial charge in [-0.3, -0.25) is 4.79 Å². The molecule has 0 radical (unpaired) electrons. The molecule has 2 aliphatic rings. The highest BCUT2D eigenvalue weighted by atomic mass is 19.4. The number of carbonyl (C=O) groups is 1. The maximum atomic E-state index is 13.6. The number of rotatable bonds is 2. The minimum absolute atomic E-state index is 0.205. The molecule has 1 fully saturated rings. The fourth-order valence-electron chi connectivity index (χ4n) is 4.56.